The second-order valence-electron chi connectivity index (χ2n) is 5.15. The van der Waals surface area contributed by atoms with Gasteiger partial charge in [-0.3, -0.25) is 5.32 Å². The van der Waals surface area contributed by atoms with Gasteiger partial charge in [-0.15, -0.1) is 0 Å². The quantitative estimate of drug-likeness (QED) is 0.613. The maximum atomic E-state index is 11.9. The fourth-order valence-corrected chi connectivity index (χ4v) is 1.99. The topological polar surface area (TPSA) is 129 Å². The van der Waals surface area contributed by atoms with E-state index in [4.69, 9.17) is 9.47 Å². The van der Waals surface area contributed by atoms with Crippen LogP contribution < -0.4 is 14.8 Å². The first-order valence-electron chi connectivity index (χ1n) is 8.48. The van der Waals surface area contributed by atoms with Crippen molar-refractivity contribution in [2.24, 2.45) is 4.36 Å². The highest BCUT2D eigenvalue weighted by Crippen LogP contribution is 2.14. The Balaban J connectivity index is 0.000000325. The van der Waals surface area contributed by atoms with Crippen LogP contribution in [0.3, 0.4) is 0 Å². The molecule has 164 valence electrons. The van der Waals surface area contributed by atoms with Gasteiger partial charge in [-0.25, -0.2) is 9.78 Å². The Bertz CT molecular complexity index is 921. The first-order chi connectivity index (χ1) is 14.3. The Morgan fingerprint density at radius 3 is 2.50 bits per heavy atom. The van der Waals surface area contributed by atoms with E-state index in [1.165, 1.54) is 6.92 Å². The van der Waals surface area contributed by atoms with Gasteiger partial charge in [-0.1, -0.05) is 22.6 Å². The van der Waals surface area contributed by atoms with Crippen LogP contribution in [0.4, 0.5) is 19.5 Å². The van der Waals surface area contributed by atoms with Gasteiger partial charge in [0.2, 0.25) is 11.8 Å². The van der Waals surface area contributed by atoms with Crippen molar-refractivity contribution in [1.29, 1.82) is 0 Å². The SMILES string of the molecule is CCOCCOc1ccccc1.Cc1cc(OC(F)F)nc(NC(=O)N=S(=O)=O)n1. The van der Waals surface area contributed by atoms with Crippen molar-refractivity contribution in [1.82, 2.24) is 9.97 Å². The van der Waals surface area contributed by atoms with Crippen LogP contribution in [-0.4, -0.2) is 50.8 Å². The van der Waals surface area contributed by atoms with E-state index < -0.39 is 35.0 Å². The van der Waals surface area contributed by atoms with E-state index in [-0.39, 0.29) is 5.69 Å². The smallest absolute Gasteiger partial charge is 0.388 e. The van der Waals surface area contributed by atoms with Gasteiger partial charge < -0.3 is 14.2 Å². The molecule has 2 amide bonds. The standard InChI is InChI=1S/C10H14O2.C7H6F2N4O4S/c1-2-11-8-9-12-10-6-4-3-5-7-10;1-3-2-4(17-5(8)9)11-6(10-3)12-7(14)13-18(15)16/h3-7H,2,8-9H2,1H3;2,5H,1H3,(H,10,11,12,14). The predicted octanol–water partition coefficient (Wildman–Crippen LogP) is 3.08. The molecule has 0 saturated heterocycles. The highest BCUT2D eigenvalue weighted by Gasteiger charge is 2.10. The molecule has 0 fully saturated rings. The first kappa shape index (κ1) is 24.8. The number of nitrogens with one attached hydrogen (secondary N) is 1. The number of hydrogen-bond acceptors (Lipinski definition) is 8. The normalized spacial score (nSPS) is 9.90. The molecular formula is C17H20F2N4O6S. The lowest BCUT2D eigenvalue weighted by Crippen LogP contribution is -2.11. The van der Waals surface area contributed by atoms with Crippen LogP contribution >= 0.6 is 0 Å². The van der Waals surface area contributed by atoms with Gasteiger partial charge in [-0.2, -0.15) is 22.2 Å². The van der Waals surface area contributed by atoms with Crippen molar-refractivity contribution in [2.45, 2.75) is 20.5 Å². The fraction of sp³-hybridized carbons (Fsp3) is 0.353. The number of ether oxygens (including phenoxy) is 3. The summed E-state index contributed by atoms with van der Waals surface area (Å²) in [5, 5.41) is 1.88. The Morgan fingerprint density at radius 1 is 1.20 bits per heavy atom. The molecule has 13 heteroatoms. The summed E-state index contributed by atoms with van der Waals surface area (Å²) in [7, 11) is -2.93. The number of urea groups is 1. The number of halogens is 2. The molecule has 0 aliphatic rings. The van der Waals surface area contributed by atoms with Crippen molar-refractivity contribution >= 4 is 22.5 Å². The summed E-state index contributed by atoms with van der Waals surface area (Å²) < 4.78 is 61.2. The molecule has 0 bridgehead atoms. The number of nitrogens with zero attached hydrogens (tertiary/aromatic N) is 3. The van der Waals surface area contributed by atoms with E-state index in [1.807, 2.05) is 42.6 Å². The van der Waals surface area contributed by atoms with Gasteiger partial charge in [0.15, 0.2) is 0 Å². The summed E-state index contributed by atoms with van der Waals surface area (Å²) in [6, 6.07) is 9.61. The second kappa shape index (κ2) is 13.9. The zero-order valence-corrected chi connectivity index (χ0v) is 16.9. The third-order valence-electron chi connectivity index (χ3n) is 2.86. The van der Waals surface area contributed by atoms with Crippen LogP contribution in [0.25, 0.3) is 0 Å². The molecule has 0 saturated carbocycles. The molecule has 1 heterocycles. The lowest BCUT2D eigenvalue weighted by atomic mass is 10.3. The second-order valence-corrected chi connectivity index (χ2v) is 5.76. The number of carbonyl (C=O) groups is 1. The van der Waals surface area contributed by atoms with Crippen molar-refractivity contribution in [3.63, 3.8) is 0 Å². The summed E-state index contributed by atoms with van der Waals surface area (Å²) in [6.07, 6.45) is 0. The molecule has 1 aromatic heterocycles. The Labute approximate surface area is 172 Å². The van der Waals surface area contributed by atoms with E-state index in [9.17, 15) is 22.0 Å². The molecule has 2 rings (SSSR count). The molecule has 30 heavy (non-hydrogen) atoms. The summed E-state index contributed by atoms with van der Waals surface area (Å²) >= 11 is 0. The third-order valence-corrected chi connectivity index (χ3v) is 3.18. The van der Waals surface area contributed by atoms with Gasteiger partial charge in [0.1, 0.15) is 12.4 Å². The molecule has 2 aromatic rings. The number of anilines is 1. The predicted molar refractivity (Wildman–Crippen MR) is 102 cm³/mol. The first-order valence-corrected chi connectivity index (χ1v) is 9.51. The molecule has 0 aliphatic carbocycles. The minimum absolute atomic E-state index is 0.235. The zero-order chi connectivity index (χ0) is 22.4. The average molecular weight is 446 g/mol. The molecule has 0 atom stereocenters. The number of rotatable bonds is 8. The maximum Gasteiger partial charge on any atom is 0.388 e. The van der Waals surface area contributed by atoms with E-state index >= 15 is 0 Å². The lowest BCUT2D eigenvalue weighted by molar-refractivity contribution is -0.0528. The Kier molecular flexibility index (Phi) is 11.5. The van der Waals surface area contributed by atoms with Crippen LogP contribution in [0, 0.1) is 6.92 Å². The highest BCUT2D eigenvalue weighted by molar-refractivity contribution is 7.62. The molecule has 0 spiro atoms. The Morgan fingerprint density at radius 2 is 1.90 bits per heavy atom. The fourth-order valence-electron chi connectivity index (χ4n) is 1.81. The minimum Gasteiger partial charge on any atom is -0.491 e. The number of alkyl halides is 2. The third kappa shape index (κ3) is 11.6. The maximum absolute atomic E-state index is 11.9. The number of aromatic nitrogens is 2. The molecule has 0 aliphatic heterocycles. The van der Waals surface area contributed by atoms with Gasteiger partial charge in [0.25, 0.3) is 0 Å². The number of benzene rings is 1. The number of hydrogen-bond donors (Lipinski definition) is 1. The van der Waals surface area contributed by atoms with Gasteiger partial charge in [0.05, 0.1) is 6.61 Å². The van der Waals surface area contributed by atoms with Crippen LogP contribution in [0.2, 0.25) is 0 Å². The van der Waals surface area contributed by atoms with Crippen LogP contribution in [0.1, 0.15) is 12.6 Å². The molecule has 1 N–H and O–H groups in total. The average Bonchev–Trinajstić information content (AvgIpc) is 2.65. The van der Waals surface area contributed by atoms with E-state index in [0.717, 1.165) is 18.4 Å². The molecule has 10 nitrogen and oxygen atoms in total. The van der Waals surface area contributed by atoms with Crippen molar-refractivity contribution in [3.8, 4) is 11.6 Å². The van der Waals surface area contributed by atoms with Crippen molar-refractivity contribution in [3.05, 3.63) is 42.1 Å². The molecule has 1 aromatic carbocycles. The van der Waals surface area contributed by atoms with Crippen LogP contribution in [0.5, 0.6) is 11.6 Å². The lowest BCUT2D eigenvalue weighted by Gasteiger charge is -2.06. The highest BCUT2D eigenvalue weighted by atomic mass is 32.2. The zero-order valence-electron chi connectivity index (χ0n) is 16.1. The monoisotopic (exact) mass is 446 g/mol. The van der Waals surface area contributed by atoms with E-state index in [1.54, 1.807) is 0 Å². The van der Waals surface area contributed by atoms with Crippen LogP contribution in [-0.2, 0) is 15.2 Å². The summed E-state index contributed by atoms with van der Waals surface area (Å²) in [5.74, 6) is 0.0399. The number of para-hydroxylation sites is 1. The molecule has 0 radical (unpaired) electrons. The molecule has 0 unspecified atom stereocenters. The van der Waals surface area contributed by atoms with Crippen LogP contribution in [0.15, 0.2) is 40.8 Å². The van der Waals surface area contributed by atoms with Gasteiger partial charge >= 0.3 is 23.1 Å². The number of aryl methyl sites for hydroxylation is 1. The van der Waals surface area contributed by atoms with Crippen molar-refractivity contribution in [2.75, 3.05) is 25.1 Å². The number of amides is 2. The Hall–Kier alpha value is -3.19. The van der Waals surface area contributed by atoms with Gasteiger partial charge in [0, 0.05) is 18.4 Å². The van der Waals surface area contributed by atoms with E-state index in [2.05, 4.69) is 19.1 Å². The number of carbonyl (C=O) groups excluding carboxylic acids is 1. The summed E-state index contributed by atoms with van der Waals surface area (Å²) in [6.45, 7) is 2.37. The van der Waals surface area contributed by atoms with E-state index in [0.29, 0.717) is 13.2 Å². The summed E-state index contributed by atoms with van der Waals surface area (Å²) in [4.78, 5) is 18.0. The minimum atomic E-state index is -3.08. The van der Waals surface area contributed by atoms with Crippen molar-refractivity contribution < 1.29 is 36.2 Å². The summed E-state index contributed by atoms with van der Waals surface area (Å²) in [5.41, 5.74) is 0.235. The molecular weight excluding hydrogens is 426 g/mol. The largest absolute Gasteiger partial charge is 0.491 e. The van der Waals surface area contributed by atoms with Gasteiger partial charge in [-0.05, 0) is 26.0 Å².